The van der Waals surface area contributed by atoms with E-state index in [0.29, 0.717) is 22.4 Å². The Bertz CT molecular complexity index is 879. The molecule has 0 fully saturated rings. The van der Waals surface area contributed by atoms with Gasteiger partial charge in [0.1, 0.15) is 7.05 Å². The molecule has 2 aromatic rings. The highest BCUT2D eigenvalue weighted by Gasteiger charge is 2.23. The number of aromatic nitrogens is 1. The van der Waals surface area contributed by atoms with E-state index >= 15 is 0 Å². The van der Waals surface area contributed by atoms with Gasteiger partial charge in [-0.2, -0.15) is 0 Å². The summed E-state index contributed by atoms with van der Waals surface area (Å²) in [6.07, 6.45) is 1.55. The zero-order valence-electron chi connectivity index (χ0n) is 22.3. The highest BCUT2D eigenvalue weighted by atomic mass is 14.9. The summed E-state index contributed by atoms with van der Waals surface area (Å²) in [4.78, 5) is 0. The van der Waals surface area contributed by atoms with E-state index < -0.39 is 26.0 Å². The van der Waals surface area contributed by atoms with Crippen molar-refractivity contribution < 1.29 is 16.9 Å². The molecule has 0 amide bonds. The smallest absolute Gasteiger partial charge is 0.201 e. The zero-order valence-corrected chi connectivity index (χ0v) is 13.3. The summed E-state index contributed by atoms with van der Waals surface area (Å²) < 4.78 is 72.1. The molecule has 0 unspecified atom stereocenters. The first-order valence-corrected chi connectivity index (χ1v) is 6.95. The average Bonchev–Trinajstić information content (AvgIpc) is 2.50. The van der Waals surface area contributed by atoms with Crippen LogP contribution >= 0.6 is 0 Å². The van der Waals surface area contributed by atoms with E-state index in [1.165, 1.54) is 12.1 Å². The van der Waals surface area contributed by atoms with E-state index in [4.69, 9.17) is 12.3 Å². The van der Waals surface area contributed by atoms with Crippen molar-refractivity contribution in [3.05, 3.63) is 52.2 Å². The Morgan fingerprint density at radius 3 is 2.10 bits per heavy atom. The number of rotatable bonds is 1. The lowest BCUT2D eigenvalue weighted by Gasteiger charge is -2.21. The number of hydrogen-bond donors (Lipinski definition) is 0. The van der Waals surface area contributed by atoms with Crippen LogP contribution in [0.15, 0.2) is 24.4 Å². The highest BCUT2D eigenvalue weighted by molar-refractivity contribution is 5.64. The number of hydrogen-bond acceptors (Lipinski definition) is 0. The topological polar surface area (TPSA) is 3.88 Å². The van der Waals surface area contributed by atoms with Crippen LogP contribution in [0.4, 0.5) is 0 Å². The maximum Gasteiger partial charge on any atom is 0.212 e. The van der Waals surface area contributed by atoms with Crippen LogP contribution in [-0.2, 0) is 12.5 Å². The molecule has 0 aliphatic carbocycles. The monoisotopic (exact) mass is 291 g/mol. The third kappa shape index (κ3) is 3.02. The van der Waals surface area contributed by atoms with Gasteiger partial charge in [-0.05, 0) is 61.2 Å². The van der Waals surface area contributed by atoms with Gasteiger partial charge in [0.25, 0.3) is 0 Å². The summed E-state index contributed by atoms with van der Waals surface area (Å²) in [5.41, 5.74) is 1.76. The molecule has 0 atom stereocenters. The van der Waals surface area contributed by atoms with E-state index in [1.54, 1.807) is 30.8 Å². The molecule has 0 aliphatic heterocycles. The van der Waals surface area contributed by atoms with Gasteiger partial charge in [-0.3, -0.25) is 0 Å². The second-order valence-corrected chi connectivity index (χ2v) is 6.56. The van der Waals surface area contributed by atoms with Gasteiger partial charge in [-0.25, -0.2) is 4.57 Å². The minimum atomic E-state index is -2.60. The van der Waals surface area contributed by atoms with Crippen molar-refractivity contribution in [3.63, 3.8) is 0 Å². The minimum Gasteiger partial charge on any atom is -0.201 e. The van der Waals surface area contributed by atoms with Crippen LogP contribution in [0.3, 0.4) is 0 Å². The predicted molar refractivity (Wildman–Crippen MR) is 90.7 cm³/mol. The first-order valence-electron chi connectivity index (χ1n) is 11.4. The van der Waals surface area contributed by atoms with Crippen molar-refractivity contribution >= 4 is 0 Å². The Hall–Kier alpha value is -1.63. The minimum absolute atomic E-state index is 0.193. The highest BCUT2D eigenvalue weighted by Crippen LogP contribution is 2.30. The first kappa shape index (κ1) is 7.58. The van der Waals surface area contributed by atoms with Gasteiger partial charge in [0.15, 0.2) is 6.20 Å². The second kappa shape index (κ2) is 5.29. The molecule has 0 radical (unpaired) electrons. The van der Waals surface area contributed by atoms with E-state index in [0.717, 1.165) is 0 Å². The molecule has 2 rings (SSSR count). The maximum atomic E-state index is 7.90. The van der Waals surface area contributed by atoms with Gasteiger partial charge < -0.3 is 0 Å². The summed E-state index contributed by atoms with van der Waals surface area (Å²) in [5, 5.41) is 0. The van der Waals surface area contributed by atoms with Gasteiger partial charge in [0, 0.05) is 29.5 Å². The summed E-state index contributed by atoms with van der Waals surface area (Å²) in [7, 11) is 1.70. The molecule has 1 aromatic heterocycles. The molecule has 0 N–H and O–H groups in total. The lowest BCUT2D eigenvalue weighted by Crippen LogP contribution is -2.33. The molecule has 1 heterocycles. The Kier molecular flexibility index (Phi) is 1.91. The number of aryl methyl sites for hydroxylation is 5. The molecule has 0 bridgehead atoms. The van der Waals surface area contributed by atoms with Gasteiger partial charge >= 0.3 is 0 Å². The third-order valence-corrected chi connectivity index (χ3v) is 3.72. The van der Waals surface area contributed by atoms with Crippen LogP contribution in [0.25, 0.3) is 11.3 Å². The molecular weight excluding hydrogens is 254 g/mol. The van der Waals surface area contributed by atoms with Gasteiger partial charge in [0.2, 0.25) is 5.69 Å². The van der Waals surface area contributed by atoms with Crippen molar-refractivity contribution in [2.24, 2.45) is 7.05 Å². The first-order chi connectivity index (χ1) is 13.2. The van der Waals surface area contributed by atoms with Crippen molar-refractivity contribution in [1.29, 1.82) is 0 Å². The fourth-order valence-corrected chi connectivity index (χ4v) is 2.52. The normalized spacial score (nSPS) is 20.0. The number of benzene rings is 1. The van der Waals surface area contributed by atoms with E-state index in [-0.39, 0.29) is 16.7 Å². The molecule has 0 saturated carbocycles. The summed E-state index contributed by atoms with van der Waals surface area (Å²) >= 11 is 0. The molecule has 21 heavy (non-hydrogen) atoms. The Balaban J connectivity index is 2.91. The van der Waals surface area contributed by atoms with Gasteiger partial charge in [-0.1, -0.05) is 26.8 Å². The molecule has 112 valence electrons. The van der Waals surface area contributed by atoms with Crippen molar-refractivity contribution in [1.82, 2.24) is 0 Å². The Morgan fingerprint density at radius 1 is 0.905 bits per heavy atom. The lowest BCUT2D eigenvalue weighted by molar-refractivity contribution is -0.660. The molecular formula is C20H28N+. The van der Waals surface area contributed by atoms with Gasteiger partial charge in [-0.15, -0.1) is 0 Å². The Labute approximate surface area is 142 Å². The summed E-state index contributed by atoms with van der Waals surface area (Å²) in [6.45, 7) is 0.0117. The van der Waals surface area contributed by atoms with Gasteiger partial charge in [0.05, 0.1) is 0 Å². The molecule has 1 nitrogen and oxygen atoms in total. The fraction of sp³-hybridized carbons (Fsp3) is 0.450. The lowest BCUT2D eigenvalue weighted by atomic mass is 9.83. The standard InChI is InChI=1S/C20H28N/c1-13-9-15(3)17(10-14(13)2)19-11-18(20(5,6)7)16(4)12-21(19)8/h9-12H,1-8H3/q+1/i1D3,2D3,4D3. The Morgan fingerprint density at radius 2 is 1.52 bits per heavy atom. The maximum absolute atomic E-state index is 7.90. The van der Waals surface area contributed by atoms with E-state index in [1.807, 2.05) is 20.8 Å². The summed E-state index contributed by atoms with van der Waals surface area (Å²) in [5.74, 6) is 0. The fourth-order valence-electron chi connectivity index (χ4n) is 2.52. The van der Waals surface area contributed by atoms with Crippen LogP contribution in [0, 0.1) is 27.5 Å². The zero-order chi connectivity index (χ0) is 23.4. The van der Waals surface area contributed by atoms with E-state index in [9.17, 15) is 0 Å². The molecule has 0 aliphatic rings. The van der Waals surface area contributed by atoms with Crippen LogP contribution in [0.2, 0.25) is 0 Å². The van der Waals surface area contributed by atoms with Crippen LogP contribution in [-0.4, -0.2) is 0 Å². The van der Waals surface area contributed by atoms with Crippen molar-refractivity contribution in [3.8, 4) is 11.3 Å². The average molecular weight is 292 g/mol. The van der Waals surface area contributed by atoms with E-state index in [2.05, 4.69) is 0 Å². The van der Waals surface area contributed by atoms with Crippen LogP contribution < -0.4 is 4.57 Å². The molecule has 1 heteroatoms. The molecule has 1 aromatic carbocycles. The second-order valence-electron chi connectivity index (χ2n) is 6.56. The number of pyridine rings is 1. The summed E-state index contributed by atoms with van der Waals surface area (Å²) in [6, 6.07) is 4.57. The van der Waals surface area contributed by atoms with Crippen LogP contribution in [0.1, 0.15) is 60.9 Å². The SMILES string of the molecule is [2H]C([2H])([2H])c1cc(C)c(-c2cc(C(C)(C)C)c(C([2H])([2H])[2H])c[n+]2C)cc1C([2H])([2H])[2H]. The quantitative estimate of drug-likeness (QED) is 0.670. The van der Waals surface area contributed by atoms with Crippen molar-refractivity contribution in [2.75, 3.05) is 0 Å². The third-order valence-electron chi connectivity index (χ3n) is 3.72. The predicted octanol–water partition coefficient (Wildman–Crippen LogP) is 4.71. The largest absolute Gasteiger partial charge is 0.212 e. The number of nitrogens with zero attached hydrogens (tertiary/aromatic N) is 1. The van der Waals surface area contributed by atoms with Crippen molar-refractivity contribution in [2.45, 2.75) is 53.7 Å². The van der Waals surface area contributed by atoms with Crippen LogP contribution in [0.5, 0.6) is 0 Å². The molecule has 0 spiro atoms. The molecule has 0 saturated heterocycles.